The van der Waals surface area contributed by atoms with Crippen molar-refractivity contribution < 1.29 is 24.2 Å². The first-order chi connectivity index (χ1) is 16.7. The highest BCUT2D eigenvalue weighted by Crippen LogP contribution is 2.44. The number of benzene rings is 2. The molecule has 182 valence electrons. The Balaban J connectivity index is 1.30. The largest absolute Gasteiger partial charge is 0.480 e. The third kappa shape index (κ3) is 5.05. The number of hydrogen-bond donors (Lipinski definition) is 2. The first kappa shape index (κ1) is 24.4. The van der Waals surface area contributed by atoms with Gasteiger partial charge in [-0.15, -0.1) is 11.3 Å². The summed E-state index contributed by atoms with van der Waals surface area (Å²) in [6.45, 7) is 3.34. The predicted molar refractivity (Wildman–Crippen MR) is 132 cm³/mol. The van der Waals surface area contributed by atoms with E-state index < -0.39 is 17.6 Å². The molecule has 3 aromatic rings. The summed E-state index contributed by atoms with van der Waals surface area (Å²) in [6, 6.07) is 16.3. The van der Waals surface area contributed by atoms with Gasteiger partial charge in [-0.1, -0.05) is 48.5 Å². The molecule has 9 heteroatoms. The predicted octanol–water partition coefficient (Wildman–Crippen LogP) is 4.05. The molecule has 0 saturated heterocycles. The number of likely N-dealkylation sites (N-methyl/N-ethyl adjacent to an activating group) is 1. The van der Waals surface area contributed by atoms with Crippen molar-refractivity contribution >= 4 is 29.3 Å². The van der Waals surface area contributed by atoms with Gasteiger partial charge in [-0.2, -0.15) is 0 Å². The Morgan fingerprint density at radius 2 is 1.69 bits per heavy atom. The number of hydrogen-bond acceptors (Lipinski definition) is 6. The minimum atomic E-state index is -1.32. The fourth-order valence-corrected chi connectivity index (χ4v) is 4.77. The number of carbonyl (C=O) groups is 3. The third-order valence-corrected chi connectivity index (χ3v) is 7.29. The topological polar surface area (TPSA) is 109 Å². The quantitative estimate of drug-likeness (QED) is 0.490. The summed E-state index contributed by atoms with van der Waals surface area (Å²) in [5.74, 6) is -1.45. The van der Waals surface area contributed by atoms with Crippen LogP contribution in [-0.2, 0) is 27.3 Å². The Labute approximate surface area is 207 Å². The van der Waals surface area contributed by atoms with Crippen LogP contribution in [0.1, 0.15) is 41.6 Å². The second kappa shape index (κ2) is 9.87. The number of ether oxygens (including phenoxy) is 1. The molecule has 2 amide bonds. The Morgan fingerprint density at radius 3 is 2.29 bits per heavy atom. The van der Waals surface area contributed by atoms with Crippen molar-refractivity contribution in [1.29, 1.82) is 0 Å². The number of nitrogens with one attached hydrogen (secondary N) is 1. The number of carbonyl (C=O) groups excluding carboxylic acids is 2. The lowest BCUT2D eigenvalue weighted by Crippen LogP contribution is -2.51. The van der Waals surface area contributed by atoms with Gasteiger partial charge >= 0.3 is 12.1 Å². The highest BCUT2D eigenvalue weighted by Gasteiger charge is 2.35. The SMILES string of the molecule is CN(C(=O)Cc1csc(CNC(=O)OCC2c3ccccc3-c3ccccc32)n1)C(C)(C)C(=O)O. The summed E-state index contributed by atoms with van der Waals surface area (Å²) in [5, 5.41) is 14.4. The maximum absolute atomic E-state index is 12.5. The van der Waals surface area contributed by atoms with Crippen LogP contribution in [0.2, 0.25) is 0 Å². The van der Waals surface area contributed by atoms with Gasteiger partial charge in [0.15, 0.2) is 0 Å². The number of thiazole rings is 1. The van der Waals surface area contributed by atoms with Crippen LogP contribution in [0, 0.1) is 0 Å². The van der Waals surface area contributed by atoms with E-state index in [1.807, 2.05) is 24.3 Å². The van der Waals surface area contributed by atoms with E-state index in [4.69, 9.17) is 4.74 Å². The number of aliphatic carboxylic acids is 1. The minimum absolute atomic E-state index is 0.0160. The van der Waals surface area contributed by atoms with Crippen molar-refractivity contribution in [3.63, 3.8) is 0 Å². The van der Waals surface area contributed by atoms with E-state index in [9.17, 15) is 19.5 Å². The molecule has 35 heavy (non-hydrogen) atoms. The zero-order chi connectivity index (χ0) is 25.2. The van der Waals surface area contributed by atoms with Crippen LogP contribution in [0.25, 0.3) is 11.1 Å². The third-order valence-electron chi connectivity index (χ3n) is 6.40. The second-order valence-electron chi connectivity index (χ2n) is 8.91. The number of amides is 2. The number of aromatic nitrogens is 1. The van der Waals surface area contributed by atoms with Gasteiger partial charge < -0.3 is 20.1 Å². The summed E-state index contributed by atoms with van der Waals surface area (Å²) < 4.78 is 5.53. The molecule has 1 heterocycles. The monoisotopic (exact) mass is 493 g/mol. The van der Waals surface area contributed by atoms with Crippen molar-refractivity contribution in [2.75, 3.05) is 13.7 Å². The smallest absolute Gasteiger partial charge is 0.407 e. The van der Waals surface area contributed by atoms with Gasteiger partial charge in [0.25, 0.3) is 0 Å². The van der Waals surface area contributed by atoms with Crippen LogP contribution in [0.15, 0.2) is 53.9 Å². The molecule has 2 aromatic carbocycles. The zero-order valence-corrected chi connectivity index (χ0v) is 20.6. The van der Waals surface area contributed by atoms with Crippen LogP contribution in [-0.4, -0.2) is 52.2 Å². The van der Waals surface area contributed by atoms with Crippen molar-refractivity contribution in [3.8, 4) is 11.1 Å². The van der Waals surface area contributed by atoms with E-state index in [-0.39, 0.29) is 31.4 Å². The number of alkyl carbamates (subject to hydrolysis) is 1. The molecule has 0 unspecified atom stereocenters. The zero-order valence-electron chi connectivity index (χ0n) is 19.8. The maximum atomic E-state index is 12.5. The van der Waals surface area contributed by atoms with Crippen LogP contribution in [0.3, 0.4) is 0 Å². The van der Waals surface area contributed by atoms with Gasteiger partial charge in [0.1, 0.15) is 17.2 Å². The van der Waals surface area contributed by atoms with Gasteiger partial charge in [-0.25, -0.2) is 14.6 Å². The van der Waals surface area contributed by atoms with Crippen LogP contribution in [0.5, 0.6) is 0 Å². The average Bonchev–Trinajstić information content (AvgIpc) is 3.42. The highest BCUT2D eigenvalue weighted by molar-refractivity contribution is 7.09. The standard InChI is InChI=1S/C26H27N3O5S/c1-26(2,24(31)32)29(3)23(30)12-16-15-35-22(28-16)13-27-25(33)34-14-21-19-10-6-4-8-17(19)18-9-5-7-11-20(18)21/h4-11,15,21H,12-14H2,1-3H3,(H,27,33)(H,31,32). The fourth-order valence-electron chi connectivity index (χ4n) is 4.04. The molecule has 0 aliphatic heterocycles. The number of fused-ring (bicyclic) bond motifs is 3. The van der Waals surface area contributed by atoms with Crippen molar-refractivity contribution in [2.45, 2.75) is 38.3 Å². The summed E-state index contributed by atoms with van der Waals surface area (Å²) >= 11 is 1.32. The molecule has 1 aliphatic carbocycles. The van der Waals surface area contributed by atoms with Crippen LogP contribution < -0.4 is 5.32 Å². The molecule has 0 saturated carbocycles. The lowest BCUT2D eigenvalue weighted by molar-refractivity contribution is -0.155. The van der Waals surface area contributed by atoms with Crippen molar-refractivity contribution in [2.24, 2.45) is 0 Å². The van der Waals surface area contributed by atoms with Gasteiger partial charge in [-0.3, -0.25) is 4.79 Å². The molecule has 0 spiro atoms. The molecule has 1 aromatic heterocycles. The van der Waals surface area contributed by atoms with E-state index in [0.717, 1.165) is 11.1 Å². The normalized spacial score (nSPS) is 12.5. The molecular weight excluding hydrogens is 466 g/mol. The maximum Gasteiger partial charge on any atom is 0.407 e. The lowest BCUT2D eigenvalue weighted by Gasteiger charge is -2.31. The molecule has 0 fully saturated rings. The van der Waals surface area contributed by atoms with Gasteiger partial charge in [0.05, 0.1) is 18.7 Å². The van der Waals surface area contributed by atoms with Crippen molar-refractivity contribution in [1.82, 2.24) is 15.2 Å². The molecule has 8 nitrogen and oxygen atoms in total. The summed E-state index contributed by atoms with van der Waals surface area (Å²) in [7, 11) is 1.46. The summed E-state index contributed by atoms with van der Waals surface area (Å²) in [6.07, 6.45) is -0.558. The number of rotatable bonds is 8. The Kier molecular flexibility index (Phi) is 6.88. The van der Waals surface area contributed by atoms with E-state index >= 15 is 0 Å². The van der Waals surface area contributed by atoms with Gasteiger partial charge in [0.2, 0.25) is 5.91 Å². The Bertz CT molecular complexity index is 1220. The molecule has 0 bridgehead atoms. The number of nitrogens with zero attached hydrogens (tertiary/aromatic N) is 2. The van der Waals surface area contributed by atoms with Crippen molar-refractivity contribution in [3.05, 3.63) is 75.7 Å². The van der Waals surface area contributed by atoms with Gasteiger partial charge in [0, 0.05) is 18.3 Å². The van der Waals surface area contributed by atoms with E-state index in [0.29, 0.717) is 10.7 Å². The second-order valence-corrected chi connectivity index (χ2v) is 9.85. The summed E-state index contributed by atoms with van der Waals surface area (Å²) in [4.78, 5) is 41.8. The van der Waals surface area contributed by atoms with E-state index in [2.05, 4.69) is 34.6 Å². The van der Waals surface area contributed by atoms with Gasteiger partial charge in [-0.05, 0) is 36.1 Å². The molecule has 1 aliphatic rings. The van der Waals surface area contributed by atoms with E-state index in [1.165, 1.54) is 48.3 Å². The Hall–Kier alpha value is -3.72. The lowest BCUT2D eigenvalue weighted by atomic mass is 9.98. The average molecular weight is 494 g/mol. The fraction of sp³-hybridized carbons (Fsp3) is 0.308. The first-order valence-electron chi connectivity index (χ1n) is 11.2. The molecule has 2 N–H and O–H groups in total. The summed E-state index contributed by atoms with van der Waals surface area (Å²) in [5.41, 5.74) is 3.83. The molecule has 0 atom stereocenters. The highest BCUT2D eigenvalue weighted by atomic mass is 32.1. The number of carboxylic acids is 1. The molecule has 4 rings (SSSR count). The Morgan fingerprint density at radius 1 is 1.09 bits per heavy atom. The first-order valence-corrected chi connectivity index (χ1v) is 12.1. The van der Waals surface area contributed by atoms with E-state index in [1.54, 1.807) is 5.38 Å². The molecule has 0 radical (unpaired) electrons. The van der Waals surface area contributed by atoms with Crippen LogP contribution >= 0.6 is 11.3 Å². The molecular formula is C26H27N3O5S. The minimum Gasteiger partial charge on any atom is -0.480 e. The van der Waals surface area contributed by atoms with Crippen LogP contribution in [0.4, 0.5) is 4.79 Å². The number of carboxylic acid groups (broad SMARTS) is 1.